The SMILES string of the molecule is O=C(O)C(O)=CC(=O)c1c[nH]cc1S(=O)(=O)c1ccccc1. The van der Waals surface area contributed by atoms with Crippen LogP contribution < -0.4 is 0 Å². The highest BCUT2D eigenvalue weighted by molar-refractivity contribution is 7.91. The molecule has 2 rings (SSSR count). The number of hydrogen-bond acceptors (Lipinski definition) is 5. The number of carbonyl (C=O) groups is 2. The van der Waals surface area contributed by atoms with Gasteiger partial charge in [0.2, 0.25) is 15.6 Å². The van der Waals surface area contributed by atoms with E-state index in [4.69, 9.17) is 10.2 Å². The highest BCUT2D eigenvalue weighted by Gasteiger charge is 2.25. The summed E-state index contributed by atoms with van der Waals surface area (Å²) in [5, 5.41) is 17.6. The predicted octanol–water partition coefficient (Wildman–Crippen LogP) is 1.56. The monoisotopic (exact) mass is 321 g/mol. The topological polar surface area (TPSA) is 125 Å². The smallest absolute Gasteiger partial charge is 0.371 e. The molecule has 0 aliphatic carbocycles. The van der Waals surface area contributed by atoms with E-state index in [1.165, 1.54) is 24.3 Å². The Morgan fingerprint density at radius 1 is 1.05 bits per heavy atom. The van der Waals surface area contributed by atoms with Crippen LogP contribution in [0.15, 0.2) is 64.4 Å². The molecule has 0 atom stereocenters. The molecule has 1 heterocycles. The van der Waals surface area contributed by atoms with Crippen molar-refractivity contribution in [3.8, 4) is 0 Å². The van der Waals surface area contributed by atoms with Gasteiger partial charge in [-0.15, -0.1) is 0 Å². The molecule has 8 heteroatoms. The summed E-state index contributed by atoms with van der Waals surface area (Å²) < 4.78 is 24.9. The minimum absolute atomic E-state index is 0.00455. The van der Waals surface area contributed by atoms with Gasteiger partial charge in [0, 0.05) is 18.5 Å². The average Bonchev–Trinajstić information content (AvgIpc) is 2.98. The number of sulfone groups is 1. The first-order valence-corrected chi connectivity index (χ1v) is 7.47. The minimum atomic E-state index is -3.94. The highest BCUT2D eigenvalue weighted by Crippen LogP contribution is 2.24. The molecule has 2 aromatic rings. The first-order valence-electron chi connectivity index (χ1n) is 5.99. The van der Waals surface area contributed by atoms with Gasteiger partial charge in [0.15, 0.2) is 5.78 Å². The molecule has 0 aliphatic heterocycles. The number of aliphatic hydroxyl groups excluding tert-OH is 1. The normalized spacial score (nSPS) is 12.1. The molecule has 0 saturated carbocycles. The maximum Gasteiger partial charge on any atom is 0.371 e. The van der Waals surface area contributed by atoms with Gasteiger partial charge in [0.25, 0.3) is 0 Å². The molecule has 0 bridgehead atoms. The molecule has 22 heavy (non-hydrogen) atoms. The number of benzene rings is 1. The van der Waals surface area contributed by atoms with Crippen molar-refractivity contribution < 1.29 is 28.2 Å². The van der Waals surface area contributed by atoms with Gasteiger partial charge in [-0.1, -0.05) is 18.2 Å². The molecule has 0 radical (unpaired) electrons. The zero-order chi connectivity index (χ0) is 16.3. The van der Waals surface area contributed by atoms with Crippen LogP contribution in [-0.4, -0.2) is 35.4 Å². The van der Waals surface area contributed by atoms with E-state index >= 15 is 0 Å². The van der Waals surface area contributed by atoms with Crippen LogP contribution in [0, 0.1) is 0 Å². The summed E-state index contributed by atoms with van der Waals surface area (Å²) in [6, 6.07) is 7.48. The third-order valence-electron chi connectivity index (χ3n) is 2.80. The number of rotatable bonds is 5. The van der Waals surface area contributed by atoms with Gasteiger partial charge < -0.3 is 15.2 Å². The summed E-state index contributed by atoms with van der Waals surface area (Å²) in [6.45, 7) is 0. The lowest BCUT2D eigenvalue weighted by Gasteiger charge is -2.04. The predicted molar refractivity (Wildman–Crippen MR) is 75.4 cm³/mol. The Labute approximate surface area is 125 Å². The molecule has 114 valence electrons. The van der Waals surface area contributed by atoms with Crippen LogP contribution in [0.2, 0.25) is 0 Å². The summed E-state index contributed by atoms with van der Waals surface area (Å²) in [7, 11) is -3.94. The molecule has 1 aromatic carbocycles. The van der Waals surface area contributed by atoms with E-state index < -0.39 is 27.3 Å². The fraction of sp³-hybridized carbons (Fsp3) is 0. The lowest BCUT2D eigenvalue weighted by molar-refractivity contribution is -0.135. The summed E-state index contributed by atoms with van der Waals surface area (Å²) in [5.74, 6) is -3.79. The number of H-pyrrole nitrogens is 1. The van der Waals surface area contributed by atoms with Gasteiger partial charge in [-0.25, -0.2) is 13.2 Å². The van der Waals surface area contributed by atoms with Crippen molar-refractivity contribution in [2.75, 3.05) is 0 Å². The summed E-state index contributed by atoms with van der Waals surface area (Å²) >= 11 is 0. The fourth-order valence-corrected chi connectivity index (χ4v) is 3.20. The minimum Gasteiger partial charge on any atom is -0.502 e. The number of aromatic amines is 1. The first-order chi connectivity index (χ1) is 10.3. The average molecular weight is 321 g/mol. The Bertz CT molecular complexity index is 848. The highest BCUT2D eigenvalue weighted by atomic mass is 32.2. The molecule has 0 amide bonds. The van der Waals surface area contributed by atoms with Gasteiger partial charge >= 0.3 is 5.97 Å². The number of aromatic nitrogens is 1. The van der Waals surface area contributed by atoms with Gasteiger partial charge in [0.1, 0.15) is 4.90 Å². The Kier molecular flexibility index (Phi) is 4.13. The van der Waals surface area contributed by atoms with Crippen molar-refractivity contribution in [2.24, 2.45) is 0 Å². The van der Waals surface area contributed by atoms with E-state index in [2.05, 4.69) is 4.98 Å². The number of allylic oxidation sites excluding steroid dienone is 1. The standard InChI is InChI=1S/C14H11NO6S/c16-11(6-12(17)14(18)19)10-7-15-8-13(10)22(20,21)9-4-2-1-3-5-9/h1-8,15,17H,(H,18,19). The van der Waals surface area contributed by atoms with Crippen LogP contribution in [0.3, 0.4) is 0 Å². The maximum atomic E-state index is 12.5. The second kappa shape index (κ2) is 5.86. The molecule has 1 aromatic heterocycles. The number of hydrogen-bond donors (Lipinski definition) is 3. The van der Waals surface area contributed by atoms with Gasteiger partial charge in [-0.05, 0) is 12.1 Å². The van der Waals surface area contributed by atoms with Crippen LogP contribution in [0.5, 0.6) is 0 Å². The number of nitrogens with one attached hydrogen (secondary N) is 1. The molecule has 0 aliphatic rings. The summed E-state index contributed by atoms with van der Waals surface area (Å²) in [4.78, 5) is 24.6. The third-order valence-corrected chi connectivity index (χ3v) is 4.61. The van der Waals surface area contributed by atoms with Crippen molar-refractivity contribution in [1.29, 1.82) is 0 Å². The molecule has 7 nitrogen and oxygen atoms in total. The van der Waals surface area contributed by atoms with Crippen molar-refractivity contribution >= 4 is 21.6 Å². The van der Waals surface area contributed by atoms with E-state index in [1.54, 1.807) is 6.07 Å². The number of aliphatic carboxylic acids is 1. The largest absolute Gasteiger partial charge is 0.502 e. The maximum absolute atomic E-state index is 12.5. The zero-order valence-corrected chi connectivity index (χ0v) is 11.9. The molecule has 3 N–H and O–H groups in total. The van der Waals surface area contributed by atoms with E-state index in [1.807, 2.05) is 0 Å². The third kappa shape index (κ3) is 2.91. The Balaban J connectivity index is 2.49. The van der Waals surface area contributed by atoms with Crippen molar-refractivity contribution in [2.45, 2.75) is 9.79 Å². The van der Waals surface area contributed by atoms with Crippen LogP contribution in [-0.2, 0) is 14.6 Å². The van der Waals surface area contributed by atoms with Gasteiger partial charge in [0.05, 0.1) is 10.5 Å². The van der Waals surface area contributed by atoms with Gasteiger partial charge in [-0.2, -0.15) is 0 Å². The molecule has 0 fully saturated rings. The quantitative estimate of drug-likeness (QED) is 0.436. The van der Waals surface area contributed by atoms with E-state index in [0.29, 0.717) is 6.08 Å². The van der Waals surface area contributed by atoms with Gasteiger partial charge in [-0.3, -0.25) is 4.79 Å². The number of carbonyl (C=O) groups excluding carboxylic acids is 1. The molecule has 0 spiro atoms. The van der Waals surface area contributed by atoms with E-state index in [0.717, 1.165) is 12.4 Å². The van der Waals surface area contributed by atoms with Crippen molar-refractivity contribution in [3.63, 3.8) is 0 Å². The first kappa shape index (κ1) is 15.5. The second-order valence-electron chi connectivity index (χ2n) is 4.25. The van der Waals surface area contributed by atoms with Crippen LogP contribution in [0.4, 0.5) is 0 Å². The number of aliphatic hydroxyl groups is 1. The molecular weight excluding hydrogens is 310 g/mol. The fourth-order valence-electron chi connectivity index (χ4n) is 1.75. The number of ketones is 1. The van der Waals surface area contributed by atoms with Crippen LogP contribution in [0.1, 0.15) is 10.4 Å². The molecular formula is C14H11NO6S. The Hall–Kier alpha value is -2.87. The van der Waals surface area contributed by atoms with Crippen LogP contribution >= 0.6 is 0 Å². The van der Waals surface area contributed by atoms with Crippen molar-refractivity contribution in [3.05, 3.63) is 60.1 Å². The summed E-state index contributed by atoms with van der Waals surface area (Å²) in [5.41, 5.74) is -0.253. The number of carboxylic acids is 1. The molecule has 0 unspecified atom stereocenters. The number of carboxylic acid groups (broad SMARTS) is 1. The summed E-state index contributed by atoms with van der Waals surface area (Å²) in [6.07, 6.45) is 2.71. The lowest BCUT2D eigenvalue weighted by Crippen LogP contribution is -2.08. The molecule has 0 saturated heterocycles. The second-order valence-corrected chi connectivity index (χ2v) is 6.17. The lowest BCUT2D eigenvalue weighted by atomic mass is 10.2. The van der Waals surface area contributed by atoms with E-state index in [-0.39, 0.29) is 15.4 Å². The van der Waals surface area contributed by atoms with Crippen molar-refractivity contribution in [1.82, 2.24) is 4.98 Å². The van der Waals surface area contributed by atoms with Crippen LogP contribution in [0.25, 0.3) is 0 Å². The Morgan fingerprint density at radius 2 is 1.68 bits per heavy atom. The van der Waals surface area contributed by atoms with E-state index in [9.17, 15) is 18.0 Å². The Morgan fingerprint density at radius 3 is 2.27 bits per heavy atom. The zero-order valence-electron chi connectivity index (χ0n) is 11.1.